The molecule has 1 aliphatic rings. The van der Waals surface area contributed by atoms with Crippen molar-refractivity contribution in [2.75, 3.05) is 0 Å². The second kappa shape index (κ2) is 4.23. The number of rotatable bonds is 1. The van der Waals surface area contributed by atoms with Crippen molar-refractivity contribution < 1.29 is 5.21 Å². The van der Waals surface area contributed by atoms with E-state index >= 15 is 0 Å². The maximum absolute atomic E-state index is 9.12. The maximum atomic E-state index is 9.12. The lowest BCUT2D eigenvalue weighted by atomic mass is 9.85. The number of hydrogen-bond acceptors (Lipinski definition) is 2. The summed E-state index contributed by atoms with van der Waals surface area (Å²) in [6.45, 7) is 4.39. The highest BCUT2D eigenvalue weighted by molar-refractivity contribution is 6.06. The largest absolute Gasteiger partial charge is 0.411 e. The highest BCUT2D eigenvalue weighted by Gasteiger charge is 2.34. The third-order valence-corrected chi connectivity index (χ3v) is 3.90. The van der Waals surface area contributed by atoms with Gasteiger partial charge in [-0.25, -0.2) is 0 Å². The first-order valence-electron chi connectivity index (χ1n) is 6.53. The quantitative estimate of drug-likeness (QED) is 0.597. The molecular weight excluding hydrogens is 234 g/mol. The molecule has 0 radical (unpaired) electrons. The van der Waals surface area contributed by atoms with E-state index in [9.17, 15) is 0 Å². The van der Waals surface area contributed by atoms with Crippen molar-refractivity contribution in [1.82, 2.24) is 0 Å². The molecule has 0 heterocycles. The van der Waals surface area contributed by atoms with Gasteiger partial charge in [-0.05, 0) is 28.2 Å². The zero-order chi connectivity index (χ0) is 13.5. The molecule has 2 nitrogen and oxygen atoms in total. The fourth-order valence-corrected chi connectivity index (χ4v) is 2.86. The van der Waals surface area contributed by atoms with Crippen LogP contribution in [-0.2, 0) is 5.41 Å². The predicted octanol–water partition coefficient (Wildman–Crippen LogP) is 4.21. The van der Waals surface area contributed by atoms with E-state index in [4.69, 9.17) is 5.21 Å². The van der Waals surface area contributed by atoms with E-state index in [1.165, 1.54) is 16.7 Å². The Kier molecular flexibility index (Phi) is 2.67. The van der Waals surface area contributed by atoms with E-state index in [1.54, 1.807) is 0 Å². The van der Waals surface area contributed by atoms with Crippen LogP contribution in [0.1, 0.15) is 31.4 Å². The summed E-state index contributed by atoms with van der Waals surface area (Å²) >= 11 is 0. The van der Waals surface area contributed by atoms with Crippen molar-refractivity contribution in [2.45, 2.75) is 25.7 Å². The van der Waals surface area contributed by atoms with E-state index in [0.717, 1.165) is 17.7 Å². The minimum Gasteiger partial charge on any atom is -0.411 e. The van der Waals surface area contributed by atoms with E-state index in [0.29, 0.717) is 0 Å². The van der Waals surface area contributed by atoms with Crippen LogP contribution in [0.4, 0.5) is 0 Å². The Morgan fingerprint density at radius 1 is 1.00 bits per heavy atom. The Morgan fingerprint density at radius 3 is 2.42 bits per heavy atom. The number of hydrogen-bond donors (Lipinski definition) is 1. The van der Waals surface area contributed by atoms with Crippen LogP contribution in [0.5, 0.6) is 0 Å². The number of fused-ring (bicyclic) bond motifs is 1. The molecule has 1 aliphatic carbocycles. The van der Waals surface area contributed by atoms with E-state index in [-0.39, 0.29) is 5.41 Å². The normalized spacial score (nSPS) is 18.5. The van der Waals surface area contributed by atoms with Gasteiger partial charge in [-0.2, -0.15) is 0 Å². The first kappa shape index (κ1) is 12.0. The molecule has 0 saturated heterocycles. The molecule has 0 aliphatic heterocycles. The Hall–Kier alpha value is -2.09. The maximum Gasteiger partial charge on any atom is 0.0879 e. The predicted molar refractivity (Wildman–Crippen MR) is 77.8 cm³/mol. The SMILES string of the molecule is CC1(C)C/C(=N\O)c2ccc(-c3ccccc3)cc21. The third kappa shape index (κ3) is 1.93. The first-order valence-corrected chi connectivity index (χ1v) is 6.53. The molecule has 19 heavy (non-hydrogen) atoms. The van der Waals surface area contributed by atoms with Gasteiger partial charge in [-0.3, -0.25) is 0 Å². The van der Waals surface area contributed by atoms with Gasteiger partial charge in [0.2, 0.25) is 0 Å². The molecule has 0 atom stereocenters. The summed E-state index contributed by atoms with van der Waals surface area (Å²) in [6.07, 6.45) is 0.789. The minimum atomic E-state index is 0.0295. The lowest BCUT2D eigenvalue weighted by Crippen LogP contribution is -2.12. The summed E-state index contributed by atoms with van der Waals surface area (Å²) in [6, 6.07) is 16.8. The van der Waals surface area contributed by atoms with Crippen molar-refractivity contribution in [3.63, 3.8) is 0 Å². The van der Waals surface area contributed by atoms with Gasteiger partial charge in [0.05, 0.1) is 5.71 Å². The van der Waals surface area contributed by atoms with Crippen LogP contribution < -0.4 is 0 Å². The lowest BCUT2D eigenvalue weighted by molar-refractivity contribution is 0.317. The van der Waals surface area contributed by atoms with Crippen LogP contribution in [0.2, 0.25) is 0 Å². The monoisotopic (exact) mass is 251 g/mol. The van der Waals surface area contributed by atoms with Gasteiger partial charge in [0.1, 0.15) is 0 Å². The summed E-state index contributed by atoms with van der Waals surface area (Å²) in [5.41, 5.74) is 5.59. The van der Waals surface area contributed by atoms with E-state index in [1.807, 2.05) is 18.2 Å². The van der Waals surface area contributed by atoms with Crippen LogP contribution in [0.25, 0.3) is 11.1 Å². The second-order valence-electron chi connectivity index (χ2n) is 5.73. The third-order valence-electron chi connectivity index (χ3n) is 3.90. The Morgan fingerprint density at radius 2 is 1.74 bits per heavy atom. The fraction of sp³-hybridized carbons (Fsp3) is 0.235. The number of nitrogens with zero attached hydrogens (tertiary/aromatic N) is 1. The van der Waals surface area contributed by atoms with Crippen LogP contribution in [0.3, 0.4) is 0 Å². The standard InChI is InChI=1S/C17H17NO/c1-17(2)11-16(18-19)14-9-8-13(10-15(14)17)12-6-4-3-5-7-12/h3-10,19H,11H2,1-2H3/b18-16+. The van der Waals surface area contributed by atoms with Crippen LogP contribution in [0, 0.1) is 0 Å². The zero-order valence-electron chi connectivity index (χ0n) is 11.2. The highest BCUT2D eigenvalue weighted by Crippen LogP contribution is 2.40. The molecule has 0 bridgehead atoms. The molecule has 96 valence electrons. The van der Waals surface area contributed by atoms with E-state index < -0.39 is 0 Å². The van der Waals surface area contributed by atoms with Crippen molar-refractivity contribution in [3.05, 3.63) is 59.7 Å². The summed E-state index contributed by atoms with van der Waals surface area (Å²) < 4.78 is 0. The van der Waals surface area contributed by atoms with Gasteiger partial charge < -0.3 is 5.21 Å². The van der Waals surface area contributed by atoms with Crippen LogP contribution in [-0.4, -0.2) is 10.9 Å². The highest BCUT2D eigenvalue weighted by atomic mass is 16.4. The fourth-order valence-electron chi connectivity index (χ4n) is 2.86. The topological polar surface area (TPSA) is 32.6 Å². The van der Waals surface area contributed by atoms with E-state index in [2.05, 4.69) is 49.3 Å². The van der Waals surface area contributed by atoms with Crippen molar-refractivity contribution >= 4 is 5.71 Å². The molecule has 3 rings (SSSR count). The van der Waals surface area contributed by atoms with Gasteiger partial charge in [-0.15, -0.1) is 0 Å². The van der Waals surface area contributed by atoms with Gasteiger partial charge in [0, 0.05) is 12.0 Å². The molecule has 0 amide bonds. The van der Waals surface area contributed by atoms with Gasteiger partial charge >= 0.3 is 0 Å². The van der Waals surface area contributed by atoms with Crippen molar-refractivity contribution in [3.8, 4) is 11.1 Å². The lowest BCUT2D eigenvalue weighted by Gasteiger charge is -2.18. The Balaban J connectivity index is 2.15. The molecule has 0 saturated carbocycles. The molecule has 1 N–H and O–H groups in total. The Labute approximate surface area is 113 Å². The van der Waals surface area contributed by atoms with Crippen LogP contribution in [0.15, 0.2) is 53.7 Å². The number of benzene rings is 2. The molecule has 0 aromatic heterocycles. The molecule has 2 aromatic rings. The molecule has 0 fully saturated rings. The molecule has 0 unspecified atom stereocenters. The van der Waals surface area contributed by atoms with Crippen molar-refractivity contribution in [2.24, 2.45) is 5.16 Å². The first-order chi connectivity index (χ1) is 9.12. The molecular formula is C17H17NO. The summed E-state index contributed by atoms with van der Waals surface area (Å²) in [5.74, 6) is 0. The average Bonchev–Trinajstić information content (AvgIpc) is 2.71. The minimum absolute atomic E-state index is 0.0295. The second-order valence-corrected chi connectivity index (χ2v) is 5.73. The van der Waals surface area contributed by atoms with Gasteiger partial charge in [0.15, 0.2) is 0 Å². The van der Waals surface area contributed by atoms with Crippen LogP contribution >= 0.6 is 0 Å². The smallest absolute Gasteiger partial charge is 0.0879 e. The summed E-state index contributed by atoms with van der Waals surface area (Å²) in [7, 11) is 0. The number of oxime groups is 1. The molecule has 2 heteroatoms. The average molecular weight is 251 g/mol. The van der Waals surface area contributed by atoms with Gasteiger partial charge in [0.25, 0.3) is 0 Å². The Bertz CT molecular complexity index is 642. The van der Waals surface area contributed by atoms with Gasteiger partial charge in [-0.1, -0.05) is 61.5 Å². The molecule has 2 aromatic carbocycles. The summed E-state index contributed by atoms with van der Waals surface area (Å²) in [4.78, 5) is 0. The molecule has 0 spiro atoms. The summed E-state index contributed by atoms with van der Waals surface area (Å²) in [5, 5.41) is 12.6. The zero-order valence-corrected chi connectivity index (χ0v) is 11.2. The van der Waals surface area contributed by atoms with Crippen molar-refractivity contribution in [1.29, 1.82) is 0 Å².